The molecule has 0 radical (unpaired) electrons. The highest BCUT2D eigenvalue weighted by Gasteiger charge is 2.21. The number of benzene rings is 1. The Hall–Kier alpha value is -0.820. The van der Waals surface area contributed by atoms with Crippen molar-refractivity contribution in [1.29, 1.82) is 0 Å². The fourth-order valence-electron chi connectivity index (χ4n) is 1.83. The van der Waals surface area contributed by atoms with Gasteiger partial charge in [-0.05, 0) is 31.0 Å². The molecule has 20 heavy (non-hydrogen) atoms. The number of carbonyl (C=O) groups excluding carboxylic acids is 1. The van der Waals surface area contributed by atoms with Crippen LogP contribution >= 0.6 is 22.3 Å². The lowest BCUT2D eigenvalue weighted by atomic mass is 10.2. The van der Waals surface area contributed by atoms with Gasteiger partial charge in [-0.1, -0.05) is 11.6 Å². The van der Waals surface area contributed by atoms with E-state index in [2.05, 4.69) is 0 Å². The van der Waals surface area contributed by atoms with Crippen LogP contribution in [0.3, 0.4) is 0 Å². The van der Waals surface area contributed by atoms with Gasteiger partial charge in [-0.3, -0.25) is 0 Å². The Kier molecular flexibility index (Phi) is 4.90. The predicted molar refractivity (Wildman–Crippen MR) is 73.7 cm³/mol. The molecule has 1 aliphatic rings. The van der Waals surface area contributed by atoms with E-state index in [1.54, 1.807) is 0 Å². The van der Waals surface area contributed by atoms with Crippen molar-refractivity contribution < 1.29 is 22.7 Å². The maximum absolute atomic E-state index is 11.9. The highest BCUT2D eigenvalue weighted by molar-refractivity contribution is 8.13. The highest BCUT2D eigenvalue weighted by Crippen LogP contribution is 2.24. The molecule has 5 nitrogen and oxygen atoms in total. The summed E-state index contributed by atoms with van der Waals surface area (Å²) in [5, 5.41) is 0.103. The molecular formula is C12H12Cl2O5S. The van der Waals surface area contributed by atoms with Gasteiger partial charge in [0, 0.05) is 17.3 Å². The zero-order valence-electron chi connectivity index (χ0n) is 10.3. The number of hydrogen-bond donors (Lipinski definition) is 0. The van der Waals surface area contributed by atoms with Crippen molar-refractivity contribution in [2.24, 2.45) is 0 Å². The van der Waals surface area contributed by atoms with E-state index < -0.39 is 15.0 Å². The summed E-state index contributed by atoms with van der Waals surface area (Å²) < 4.78 is 32.9. The zero-order chi connectivity index (χ0) is 14.8. The van der Waals surface area contributed by atoms with Crippen LogP contribution in [0.5, 0.6) is 0 Å². The van der Waals surface area contributed by atoms with Gasteiger partial charge < -0.3 is 9.47 Å². The third-order valence-corrected chi connectivity index (χ3v) is 4.54. The molecule has 1 aromatic rings. The van der Waals surface area contributed by atoms with Crippen LogP contribution in [0, 0.1) is 0 Å². The highest BCUT2D eigenvalue weighted by atomic mass is 35.7. The van der Waals surface area contributed by atoms with Crippen molar-refractivity contribution in [3.63, 3.8) is 0 Å². The first-order valence-electron chi connectivity index (χ1n) is 5.91. The fourth-order valence-corrected chi connectivity index (χ4v) is 2.81. The van der Waals surface area contributed by atoms with Crippen LogP contribution in [0.2, 0.25) is 5.02 Å². The van der Waals surface area contributed by atoms with Crippen molar-refractivity contribution in [3.8, 4) is 0 Å². The average molecular weight is 339 g/mol. The third kappa shape index (κ3) is 3.85. The minimum absolute atomic E-state index is 0.0358. The lowest BCUT2D eigenvalue weighted by Crippen LogP contribution is -2.18. The number of rotatable bonds is 4. The van der Waals surface area contributed by atoms with Crippen LogP contribution in [-0.4, -0.2) is 33.7 Å². The van der Waals surface area contributed by atoms with Gasteiger partial charge in [-0.25, -0.2) is 13.2 Å². The molecule has 0 amide bonds. The molecule has 1 fully saturated rings. The van der Waals surface area contributed by atoms with Crippen LogP contribution in [0.1, 0.15) is 23.2 Å². The van der Waals surface area contributed by atoms with Gasteiger partial charge in [-0.2, -0.15) is 0 Å². The van der Waals surface area contributed by atoms with Crippen LogP contribution in [-0.2, 0) is 18.5 Å². The standard InChI is InChI=1S/C12H12Cl2O5S/c13-11-4-3-9(20(14,16)17)6-10(11)12(15)19-7-8-2-1-5-18-8/h3-4,6,8H,1-2,5,7H2. The second kappa shape index (κ2) is 6.30. The van der Waals surface area contributed by atoms with Gasteiger partial charge in [0.05, 0.1) is 21.6 Å². The molecule has 1 aromatic carbocycles. The van der Waals surface area contributed by atoms with Gasteiger partial charge in [0.2, 0.25) is 0 Å². The summed E-state index contributed by atoms with van der Waals surface area (Å²) in [6, 6.07) is 3.61. The van der Waals surface area contributed by atoms with E-state index in [4.69, 9.17) is 31.8 Å². The molecule has 0 spiro atoms. The Morgan fingerprint density at radius 2 is 2.20 bits per heavy atom. The average Bonchev–Trinajstić information content (AvgIpc) is 2.88. The Labute approximate surface area is 126 Å². The molecule has 8 heteroatoms. The fraction of sp³-hybridized carbons (Fsp3) is 0.417. The SMILES string of the molecule is O=C(OCC1CCCO1)c1cc(S(=O)(=O)Cl)ccc1Cl. The van der Waals surface area contributed by atoms with Crippen molar-refractivity contribution in [3.05, 3.63) is 28.8 Å². The first kappa shape index (κ1) is 15.6. The first-order valence-corrected chi connectivity index (χ1v) is 8.59. The molecule has 1 atom stereocenters. The largest absolute Gasteiger partial charge is 0.459 e. The van der Waals surface area contributed by atoms with Crippen molar-refractivity contribution >= 4 is 37.3 Å². The van der Waals surface area contributed by atoms with E-state index >= 15 is 0 Å². The topological polar surface area (TPSA) is 69.7 Å². The van der Waals surface area contributed by atoms with Crippen molar-refractivity contribution in [2.45, 2.75) is 23.8 Å². The summed E-state index contributed by atoms with van der Waals surface area (Å²) in [4.78, 5) is 11.7. The lowest BCUT2D eigenvalue weighted by Gasteiger charge is -2.11. The number of halogens is 2. The number of hydrogen-bond acceptors (Lipinski definition) is 5. The Morgan fingerprint density at radius 3 is 2.80 bits per heavy atom. The second-order valence-corrected chi connectivity index (χ2v) is 7.29. The van der Waals surface area contributed by atoms with Gasteiger partial charge >= 0.3 is 5.97 Å². The van der Waals surface area contributed by atoms with Crippen molar-refractivity contribution in [1.82, 2.24) is 0 Å². The molecule has 0 bridgehead atoms. The van der Waals surface area contributed by atoms with Crippen LogP contribution in [0.15, 0.2) is 23.1 Å². The van der Waals surface area contributed by atoms with Crippen LogP contribution < -0.4 is 0 Å². The molecule has 2 rings (SSSR count). The van der Waals surface area contributed by atoms with E-state index in [1.807, 2.05) is 0 Å². The zero-order valence-corrected chi connectivity index (χ0v) is 12.7. The Morgan fingerprint density at radius 1 is 1.45 bits per heavy atom. The summed E-state index contributed by atoms with van der Waals surface area (Å²) in [5.74, 6) is -0.701. The van der Waals surface area contributed by atoms with E-state index in [1.165, 1.54) is 12.1 Å². The second-order valence-electron chi connectivity index (χ2n) is 4.31. The minimum atomic E-state index is -3.93. The molecule has 1 unspecified atom stereocenters. The number of esters is 1. The van der Waals surface area contributed by atoms with Gasteiger partial charge in [0.15, 0.2) is 0 Å². The van der Waals surface area contributed by atoms with E-state index in [0.29, 0.717) is 6.61 Å². The van der Waals surface area contributed by atoms with Crippen molar-refractivity contribution in [2.75, 3.05) is 13.2 Å². The quantitative estimate of drug-likeness (QED) is 0.623. The Bertz CT molecular complexity index is 608. The maximum atomic E-state index is 11.9. The van der Waals surface area contributed by atoms with Gasteiger partial charge in [0.1, 0.15) is 6.61 Å². The van der Waals surface area contributed by atoms with E-state index in [-0.39, 0.29) is 28.2 Å². The summed E-state index contributed by atoms with van der Waals surface area (Å²) in [6.45, 7) is 0.774. The first-order chi connectivity index (χ1) is 9.38. The lowest BCUT2D eigenvalue weighted by molar-refractivity contribution is 0.0161. The molecule has 1 saturated heterocycles. The number of carbonyl (C=O) groups is 1. The molecule has 0 aliphatic carbocycles. The predicted octanol–water partition coefficient (Wildman–Crippen LogP) is 2.60. The third-order valence-electron chi connectivity index (χ3n) is 2.86. The molecule has 1 heterocycles. The molecule has 0 N–H and O–H groups in total. The molecule has 1 aliphatic heterocycles. The summed E-state index contributed by atoms with van der Waals surface area (Å²) in [5.41, 5.74) is -0.0358. The molecular weight excluding hydrogens is 327 g/mol. The summed E-state index contributed by atoms with van der Waals surface area (Å²) in [6.07, 6.45) is 1.65. The normalized spacial score (nSPS) is 19.0. The molecule has 110 valence electrons. The Balaban J connectivity index is 2.12. The summed E-state index contributed by atoms with van der Waals surface area (Å²) in [7, 11) is 1.30. The van der Waals surface area contributed by atoms with Crippen LogP contribution in [0.25, 0.3) is 0 Å². The van der Waals surface area contributed by atoms with Gasteiger partial charge in [-0.15, -0.1) is 0 Å². The molecule has 0 aromatic heterocycles. The molecule has 0 saturated carbocycles. The van der Waals surface area contributed by atoms with Gasteiger partial charge in [0.25, 0.3) is 9.05 Å². The maximum Gasteiger partial charge on any atom is 0.339 e. The van der Waals surface area contributed by atoms with Crippen LogP contribution in [0.4, 0.5) is 0 Å². The minimum Gasteiger partial charge on any atom is -0.459 e. The van der Waals surface area contributed by atoms with E-state index in [9.17, 15) is 13.2 Å². The van der Waals surface area contributed by atoms with E-state index in [0.717, 1.165) is 18.9 Å². The smallest absolute Gasteiger partial charge is 0.339 e. The monoisotopic (exact) mass is 338 g/mol. The number of ether oxygens (including phenoxy) is 2. The summed E-state index contributed by atoms with van der Waals surface area (Å²) >= 11 is 5.87.